The lowest BCUT2D eigenvalue weighted by molar-refractivity contribution is -0.210. The predicted octanol–water partition coefficient (Wildman–Crippen LogP) is 3.21. The van der Waals surface area contributed by atoms with Crippen LogP contribution >= 0.6 is 11.3 Å². The van der Waals surface area contributed by atoms with Crippen LogP contribution in [0.4, 0.5) is 13.2 Å². The van der Waals surface area contributed by atoms with Crippen molar-refractivity contribution in [1.29, 1.82) is 0 Å². The van der Waals surface area contributed by atoms with E-state index >= 15 is 0 Å². The van der Waals surface area contributed by atoms with Gasteiger partial charge in [0, 0.05) is 4.88 Å². The van der Waals surface area contributed by atoms with Crippen molar-refractivity contribution in [3.63, 3.8) is 0 Å². The molecule has 0 bridgehead atoms. The lowest BCUT2D eigenvalue weighted by atomic mass is 10.3. The van der Waals surface area contributed by atoms with Crippen molar-refractivity contribution in [3.05, 3.63) is 21.9 Å². The minimum absolute atomic E-state index is 0.422. The van der Waals surface area contributed by atoms with Crippen molar-refractivity contribution < 1.29 is 22.7 Å². The number of rotatable bonds is 4. The van der Waals surface area contributed by atoms with Gasteiger partial charge in [0.05, 0.1) is 4.88 Å². The SMILES string of the molecule is Cc1ccc(C(=O)COC(C)C(F)(F)F)s1. The van der Waals surface area contributed by atoms with E-state index in [1.165, 1.54) is 11.3 Å². The summed E-state index contributed by atoms with van der Waals surface area (Å²) in [6, 6.07) is 3.33. The Morgan fingerprint density at radius 2 is 2.12 bits per heavy atom. The third-order valence-electron chi connectivity index (χ3n) is 1.94. The van der Waals surface area contributed by atoms with Crippen molar-refractivity contribution in [3.8, 4) is 0 Å². The van der Waals surface area contributed by atoms with E-state index in [4.69, 9.17) is 0 Å². The maximum absolute atomic E-state index is 12.1. The molecule has 0 aliphatic carbocycles. The maximum atomic E-state index is 12.1. The van der Waals surface area contributed by atoms with Crippen molar-refractivity contribution in [2.24, 2.45) is 0 Å². The first kappa shape index (κ1) is 13.2. The Morgan fingerprint density at radius 1 is 1.50 bits per heavy atom. The molecule has 1 rings (SSSR count). The van der Waals surface area contributed by atoms with E-state index in [0.717, 1.165) is 11.8 Å². The van der Waals surface area contributed by atoms with Crippen LogP contribution in [0.25, 0.3) is 0 Å². The fraction of sp³-hybridized carbons (Fsp3) is 0.500. The van der Waals surface area contributed by atoms with Crippen molar-refractivity contribution in [2.45, 2.75) is 26.1 Å². The molecule has 0 fully saturated rings. The molecule has 1 heterocycles. The molecule has 0 saturated carbocycles. The van der Waals surface area contributed by atoms with E-state index in [1.54, 1.807) is 12.1 Å². The molecule has 90 valence electrons. The number of ether oxygens (including phenoxy) is 1. The minimum Gasteiger partial charge on any atom is -0.361 e. The van der Waals surface area contributed by atoms with Crippen LogP contribution in [0.5, 0.6) is 0 Å². The van der Waals surface area contributed by atoms with Crippen LogP contribution in [0, 0.1) is 6.92 Å². The summed E-state index contributed by atoms with van der Waals surface area (Å²) in [4.78, 5) is 12.8. The quantitative estimate of drug-likeness (QED) is 0.769. The summed E-state index contributed by atoms with van der Waals surface area (Å²) in [5, 5.41) is 0. The number of aryl methyl sites for hydroxylation is 1. The first-order chi connectivity index (χ1) is 7.30. The Morgan fingerprint density at radius 3 is 2.56 bits per heavy atom. The molecule has 2 nitrogen and oxygen atoms in total. The number of carbonyl (C=O) groups excluding carboxylic acids is 1. The highest BCUT2D eigenvalue weighted by molar-refractivity contribution is 7.14. The highest BCUT2D eigenvalue weighted by atomic mass is 32.1. The van der Waals surface area contributed by atoms with Crippen LogP contribution in [-0.4, -0.2) is 24.7 Å². The molecule has 0 aromatic carbocycles. The summed E-state index contributed by atoms with van der Waals surface area (Å²) in [5.41, 5.74) is 0. The second-order valence-electron chi connectivity index (χ2n) is 3.33. The van der Waals surface area contributed by atoms with Crippen molar-refractivity contribution in [2.75, 3.05) is 6.61 Å². The number of ketones is 1. The topological polar surface area (TPSA) is 26.3 Å². The first-order valence-corrected chi connectivity index (χ1v) is 5.40. The van der Waals surface area contributed by atoms with Gasteiger partial charge in [-0.3, -0.25) is 4.79 Å². The lowest BCUT2D eigenvalue weighted by Gasteiger charge is -2.15. The largest absolute Gasteiger partial charge is 0.414 e. The van der Waals surface area contributed by atoms with Gasteiger partial charge in [-0.05, 0) is 26.0 Å². The zero-order valence-electron chi connectivity index (χ0n) is 8.80. The standard InChI is InChI=1S/C10H11F3O2S/c1-6-3-4-9(16-6)8(14)5-15-7(2)10(11,12)13/h3-4,7H,5H2,1-2H3. The summed E-state index contributed by atoms with van der Waals surface area (Å²) in [7, 11) is 0. The van der Waals surface area contributed by atoms with Gasteiger partial charge in [-0.25, -0.2) is 0 Å². The number of Topliss-reactive ketones (excluding diaryl/α,β-unsaturated/α-hetero) is 1. The van der Waals surface area contributed by atoms with E-state index in [-0.39, 0.29) is 0 Å². The minimum atomic E-state index is -4.42. The first-order valence-electron chi connectivity index (χ1n) is 4.58. The fourth-order valence-corrected chi connectivity index (χ4v) is 1.74. The summed E-state index contributed by atoms with van der Waals surface area (Å²) in [6.45, 7) is 2.16. The lowest BCUT2D eigenvalue weighted by Crippen LogP contribution is -2.30. The maximum Gasteiger partial charge on any atom is 0.414 e. The molecule has 0 aliphatic rings. The molecular formula is C10H11F3O2S. The van der Waals surface area contributed by atoms with E-state index in [9.17, 15) is 18.0 Å². The predicted molar refractivity (Wildman–Crippen MR) is 54.9 cm³/mol. The van der Waals surface area contributed by atoms with Gasteiger partial charge in [0.1, 0.15) is 6.61 Å². The summed E-state index contributed by atoms with van der Waals surface area (Å²) >= 11 is 1.24. The normalized spacial score (nSPS) is 13.8. The van der Waals surface area contributed by atoms with Crippen LogP contribution in [0.3, 0.4) is 0 Å². The molecular weight excluding hydrogens is 241 g/mol. The number of thiophene rings is 1. The van der Waals surface area contributed by atoms with E-state index in [2.05, 4.69) is 4.74 Å². The molecule has 1 aromatic rings. The second-order valence-corrected chi connectivity index (χ2v) is 4.62. The molecule has 1 aromatic heterocycles. The van der Waals surface area contributed by atoms with Crippen LogP contribution in [-0.2, 0) is 4.74 Å². The van der Waals surface area contributed by atoms with Gasteiger partial charge in [0.15, 0.2) is 11.9 Å². The van der Waals surface area contributed by atoms with Gasteiger partial charge in [-0.2, -0.15) is 13.2 Å². The van der Waals surface area contributed by atoms with Gasteiger partial charge in [0.2, 0.25) is 0 Å². The van der Waals surface area contributed by atoms with Crippen LogP contribution in [0.1, 0.15) is 21.5 Å². The van der Waals surface area contributed by atoms with Gasteiger partial charge in [0.25, 0.3) is 0 Å². The van der Waals surface area contributed by atoms with Gasteiger partial charge >= 0.3 is 6.18 Å². The average molecular weight is 252 g/mol. The van der Waals surface area contributed by atoms with Crippen LogP contribution in [0.2, 0.25) is 0 Å². The van der Waals surface area contributed by atoms with Crippen molar-refractivity contribution >= 4 is 17.1 Å². The molecule has 0 saturated heterocycles. The third kappa shape index (κ3) is 3.61. The summed E-state index contributed by atoms with van der Waals surface area (Å²) < 4.78 is 40.7. The molecule has 6 heteroatoms. The smallest absolute Gasteiger partial charge is 0.361 e. The van der Waals surface area contributed by atoms with Crippen LogP contribution < -0.4 is 0 Å². The molecule has 16 heavy (non-hydrogen) atoms. The molecule has 0 amide bonds. The Hall–Kier alpha value is -0.880. The number of carbonyl (C=O) groups is 1. The van der Waals surface area contributed by atoms with E-state index < -0.39 is 24.7 Å². The Labute approximate surface area is 95.0 Å². The average Bonchev–Trinajstić information content (AvgIpc) is 2.59. The Balaban J connectivity index is 2.48. The monoisotopic (exact) mass is 252 g/mol. The summed E-state index contributed by atoms with van der Waals surface area (Å²) in [6.07, 6.45) is -6.34. The Kier molecular flexibility index (Phi) is 4.09. The highest BCUT2D eigenvalue weighted by Gasteiger charge is 2.37. The van der Waals surface area contributed by atoms with Gasteiger partial charge < -0.3 is 4.74 Å². The van der Waals surface area contributed by atoms with Gasteiger partial charge in [-0.15, -0.1) is 11.3 Å². The number of hydrogen-bond donors (Lipinski definition) is 0. The number of halogens is 3. The molecule has 0 aliphatic heterocycles. The number of hydrogen-bond acceptors (Lipinski definition) is 3. The second kappa shape index (κ2) is 4.97. The van der Waals surface area contributed by atoms with Crippen LogP contribution in [0.15, 0.2) is 12.1 Å². The van der Waals surface area contributed by atoms with Gasteiger partial charge in [-0.1, -0.05) is 0 Å². The van der Waals surface area contributed by atoms with Crippen molar-refractivity contribution in [1.82, 2.24) is 0 Å². The molecule has 1 atom stereocenters. The van der Waals surface area contributed by atoms with E-state index in [1.807, 2.05) is 6.92 Å². The number of alkyl halides is 3. The molecule has 0 radical (unpaired) electrons. The Bertz CT molecular complexity index is 370. The summed E-state index contributed by atoms with van der Waals surface area (Å²) in [5.74, 6) is -0.422. The molecule has 0 N–H and O–H groups in total. The van der Waals surface area contributed by atoms with E-state index in [0.29, 0.717) is 4.88 Å². The zero-order valence-corrected chi connectivity index (χ0v) is 9.61. The fourth-order valence-electron chi connectivity index (χ4n) is 0.951. The highest BCUT2D eigenvalue weighted by Crippen LogP contribution is 2.23. The zero-order chi connectivity index (χ0) is 12.3. The third-order valence-corrected chi connectivity index (χ3v) is 2.98. The molecule has 1 unspecified atom stereocenters. The molecule has 0 spiro atoms.